The van der Waals surface area contributed by atoms with E-state index in [9.17, 15) is 4.39 Å². The number of rotatable bonds is 3. The largest absolute Gasteiger partial charge is 0.291 e. The summed E-state index contributed by atoms with van der Waals surface area (Å²) in [6.45, 7) is 2.17. The Morgan fingerprint density at radius 2 is 1.24 bits per heavy atom. The molecule has 0 saturated heterocycles. The number of benzene rings is 2. The maximum Gasteiger partial charge on any atom is 0.140 e. The molecule has 2 rings (SSSR count). The van der Waals surface area contributed by atoms with Gasteiger partial charge in [-0.15, -0.1) is 0 Å². The van der Waals surface area contributed by atoms with Gasteiger partial charge >= 0.3 is 0 Å². The minimum absolute atomic E-state index is 0.406. The lowest BCUT2D eigenvalue weighted by Crippen LogP contribution is -2.08. The summed E-state index contributed by atoms with van der Waals surface area (Å²) >= 11 is 0. The minimum Gasteiger partial charge on any atom is -0.291 e. The molecule has 0 aliphatic heterocycles. The van der Waals surface area contributed by atoms with Crippen LogP contribution < -0.4 is 5.32 Å². The molecule has 0 unspecified atom stereocenters. The lowest BCUT2D eigenvalue weighted by molar-refractivity contribution is 0.434. The second-order valence-corrected chi connectivity index (χ2v) is 3.47. The van der Waals surface area contributed by atoms with Gasteiger partial charge < -0.3 is 0 Å². The van der Waals surface area contributed by atoms with E-state index >= 15 is 0 Å². The van der Waals surface area contributed by atoms with Crippen molar-refractivity contribution in [2.24, 2.45) is 0 Å². The molecular formula is C15H18FN. The zero-order chi connectivity index (χ0) is 12.3. The van der Waals surface area contributed by atoms with Crippen LogP contribution in [0.25, 0.3) is 11.1 Å². The Morgan fingerprint density at radius 1 is 0.824 bits per heavy atom. The van der Waals surface area contributed by atoms with Gasteiger partial charge in [0, 0.05) is 0 Å². The summed E-state index contributed by atoms with van der Waals surface area (Å²) in [4.78, 5) is 0. The zero-order valence-electron chi connectivity index (χ0n) is 10.1. The van der Waals surface area contributed by atoms with E-state index in [1.54, 1.807) is 0 Å². The van der Waals surface area contributed by atoms with Crippen LogP contribution in [0.1, 0.15) is 6.92 Å². The van der Waals surface area contributed by atoms with Crippen molar-refractivity contribution in [1.29, 1.82) is 0 Å². The van der Waals surface area contributed by atoms with Gasteiger partial charge in [0.15, 0.2) is 0 Å². The summed E-state index contributed by atoms with van der Waals surface area (Å²) < 4.78 is 10.9. The molecule has 17 heavy (non-hydrogen) atoms. The van der Waals surface area contributed by atoms with E-state index in [1.165, 1.54) is 11.1 Å². The molecule has 0 spiro atoms. The molecule has 0 saturated carbocycles. The normalized spacial score (nSPS) is 9.29. The number of alkyl halides is 1. The molecule has 2 heteroatoms. The van der Waals surface area contributed by atoms with Gasteiger partial charge in [-0.1, -0.05) is 67.6 Å². The van der Waals surface area contributed by atoms with Crippen LogP contribution in [0.3, 0.4) is 0 Å². The predicted molar refractivity (Wildman–Crippen MR) is 71.5 cm³/mol. The highest BCUT2D eigenvalue weighted by Crippen LogP contribution is 2.17. The number of halogens is 1. The SMILES string of the molecule is CCNCF.c1ccc(-c2ccccc2)cc1. The highest BCUT2D eigenvalue weighted by atomic mass is 19.1. The van der Waals surface area contributed by atoms with Gasteiger partial charge in [0.25, 0.3) is 0 Å². The topological polar surface area (TPSA) is 12.0 Å². The Bertz CT molecular complexity index is 347. The number of nitrogens with one attached hydrogen (secondary N) is 1. The summed E-state index contributed by atoms with van der Waals surface area (Å²) in [6.07, 6.45) is 0. The maximum absolute atomic E-state index is 10.9. The third kappa shape index (κ3) is 5.27. The molecule has 0 aromatic heterocycles. The molecule has 0 radical (unpaired) electrons. The molecule has 0 amide bonds. The van der Waals surface area contributed by atoms with Crippen molar-refractivity contribution < 1.29 is 4.39 Å². The Balaban J connectivity index is 0.000000249. The van der Waals surface area contributed by atoms with Crippen molar-refractivity contribution in [2.75, 3.05) is 13.3 Å². The molecule has 0 atom stereocenters. The summed E-state index contributed by atoms with van der Waals surface area (Å²) in [6, 6.07) is 20.8. The van der Waals surface area contributed by atoms with Gasteiger partial charge in [-0.2, -0.15) is 0 Å². The van der Waals surface area contributed by atoms with Crippen LogP contribution in [0, 0.1) is 0 Å². The van der Waals surface area contributed by atoms with Crippen LogP contribution in [0.2, 0.25) is 0 Å². The Kier molecular flexibility index (Phi) is 6.68. The molecule has 1 N–H and O–H groups in total. The van der Waals surface area contributed by atoms with Crippen molar-refractivity contribution in [2.45, 2.75) is 6.92 Å². The van der Waals surface area contributed by atoms with Crippen molar-refractivity contribution in [3.05, 3.63) is 60.7 Å². The van der Waals surface area contributed by atoms with Crippen LogP contribution in [0.4, 0.5) is 4.39 Å². The van der Waals surface area contributed by atoms with Gasteiger partial charge in [-0.3, -0.25) is 5.32 Å². The quantitative estimate of drug-likeness (QED) is 0.790. The van der Waals surface area contributed by atoms with Crippen molar-refractivity contribution in [3.63, 3.8) is 0 Å². The van der Waals surface area contributed by atoms with E-state index < -0.39 is 6.80 Å². The molecule has 0 fully saturated rings. The summed E-state index contributed by atoms with van der Waals surface area (Å²) in [7, 11) is 0. The molecule has 0 heterocycles. The van der Waals surface area contributed by atoms with Crippen molar-refractivity contribution in [1.82, 2.24) is 5.32 Å². The first-order valence-electron chi connectivity index (χ1n) is 5.75. The molecule has 0 aliphatic rings. The Labute approximate surface area is 102 Å². The zero-order valence-corrected chi connectivity index (χ0v) is 10.1. The third-order valence-electron chi connectivity index (χ3n) is 2.23. The van der Waals surface area contributed by atoms with Gasteiger partial charge in [0.2, 0.25) is 0 Å². The van der Waals surface area contributed by atoms with E-state index in [2.05, 4.69) is 53.8 Å². The van der Waals surface area contributed by atoms with Gasteiger partial charge in [0.05, 0.1) is 0 Å². The van der Waals surface area contributed by atoms with E-state index in [-0.39, 0.29) is 0 Å². The highest BCUT2D eigenvalue weighted by molar-refractivity contribution is 5.62. The van der Waals surface area contributed by atoms with Gasteiger partial charge in [-0.25, -0.2) is 4.39 Å². The second-order valence-electron chi connectivity index (χ2n) is 3.47. The first-order chi connectivity index (χ1) is 8.38. The van der Waals surface area contributed by atoms with Crippen molar-refractivity contribution in [3.8, 4) is 11.1 Å². The van der Waals surface area contributed by atoms with Crippen LogP contribution in [-0.2, 0) is 0 Å². The summed E-state index contributed by atoms with van der Waals surface area (Å²) in [5.74, 6) is 0. The molecule has 2 aromatic rings. The average Bonchev–Trinajstić information content (AvgIpc) is 2.42. The molecular weight excluding hydrogens is 213 g/mol. The molecule has 2 aromatic carbocycles. The second kappa shape index (κ2) is 8.48. The maximum atomic E-state index is 10.9. The van der Waals surface area contributed by atoms with E-state index in [0.717, 1.165) is 6.54 Å². The lowest BCUT2D eigenvalue weighted by atomic mass is 10.1. The predicted octanol–water partition coefficient (Wildman–Crippen LogP) is 3.88. The fourth-order valence-electron chi connectivity index (χ4n) is 1.36. The first-order valence-corrected chi connectivity index (χ1v) is 5.75. The fraction of sp³-hybridized carbons (Fsp3) is 0.200. The molecule has 0 aliphatic carbocycles. The monoisotopic (exact) mass is 231 g/mol. The molecule has 0 bridgehead atoms. The van der Waals surface area contributed by atoms with Crippen molar-refractivity contribution >= 4 is 0 Å². The Hall–Kier alpha value is -1.67. The van der Waals surface area contributed by atoms with Crippen LogP contribution in [-0.4, -0.2) is 13.3 Å². The van der Waals surface area contributed by atoms with E-state index in [4.69, 9.17) is 0 Å². The Morgan fingerprint density at radius 3 is 1.47 bits per heavy atom. The molecule has 1 nitrogen and oxygen atoms in total. The highest BCUT2D eigenvalue weighted by Gasteiger charge is 1.91. The fourth-order valence-corrected chi connectivity index (χ4v) is 1.36. The smallest absolute Gasteiger partial charge is 0.140 e. The third-order valence-corrected chi connectivity index (χ3v) is 2.23. The van der Waals surface area contributed by atoms with Crippen LogP contribution in [0.15, 0.2) is 60.7 Å². The minimum atomic E-state index is -0.406. The molecule has 90 valence electrons. The number of hydrogen-bond donors (Lipinski definition) is 1. The first kappa shape index (κ1) is 13.4. The van der Waals surface area contributed by atoms with Crippen LogP contribution in [0.5, 0.6) is 0 Å². The van der Waals surface area contributed by atoms with Gasteiger partial charge in [0.1, 0.15) is 6.80 Å². The lowest BCUT2D eigenvalue weighted by Gasteiger charge is -1.98. The van der Waals surface area contributed by atoms with E-state index in [0.29, 0.717) is 0 Å². The standard InChI is InChI=1S/C12H10.C3H8FN/c1-3-7-11(8-4-1)12-9-5-2-6-10-12;1-2-5-3-4/h1-10H;5H,2-3H2,1H3. The summed E-state index contributed by atoms with van der Waals surface area (Å²) in [5.41, 5.74) is 2.55. The average molecular weight is 231 g/mol. The van der Waals surface area contributed by atoms with E-state index in [1.807, 2.05) is 19.1 Å². The summed E-state index contributed by atoms with van der Waals surface area (Å²) in [5, 5.41) is 2.44. The van der Waals surface area contributed by atoms with Crippen LogP contribution >= 0.6 is 0 Å². The van der Waals surface area contributed by atoms with Gasteiger partial charge in [-0.05, 0) is 17.7 Å². The number of hydrogen-bond acceptors (Lipinski definition) is 1.